The number of alkyl halides is 4. The SMILES string of the molecule is FC(F)(F)C(Br)c1ccccc1. The smallest absolute Gasteiger partial charge is 0.169 e. The molecule has 0 amide bonds. The third-order valence-electron chi connectivity index (χ3n) is 1.38. The first-order valence-electron chi connectivity index (χ1n) is 3.27. The van der Waals surface area contributed by atoms with Crippen molar-refractivity contribution in [1.29, 1.82) is 0 Å². The highest BCUT2D eigenvalue weighted by Crippen LogP contribution is 2.39. The standard InChI is InChI=1S/C8H6BrF3/c9-7(8(10,11)12)6-4-2-1-3-5-6/h1-5,7H. The summed E-state index contributed by atoms with van der Waals surface area (Å²) in [5, 5.41) is 0. The van der Waals surface area contributed by atoms with Gasteiger partial charge in [0.15, 0.2) is 0 Å². The fraction of sp³-hybridized carbons (Fsp3) is 0.250. The van der Waals surface area contributed by atoms with Crippen LogP contribution in [0.5, 0.6) is 0 Å². The van der Waals surface area contributed by atoms with E-state index in [2.05, 4.69) is 15.9 Å². The average molecular weight is 239 g/mol. The predicted octanol–water partition coefficient (Wildman–Crippen LogP) is 3.68. The monoisotopic (exact) mass is 238 g/mol. The Morgan fingerprint density at radius 2 is 1.58 bits per heavy atom. The lowest BCUT2D eigenvalue weighted by Gasteiger charge is -2.13. The topological polar surface area (TPSA) is 0 Å². The van der Waals surface area contributed by atoms with E-state index in [1.54, 1.807) is 18.2 Å². The van der Waals surface area contributed by atoms with Crippen LogP contribution < -0.4 is 0 Å². The van der Waals surface area contributed by atoms with Gasteiger partial charge in [-0.25, -0.2) is 0 Å². The van der Waals surface area contributed by atoms with E-state index in [1.165, 1.54) is 12.1 Å². The molecular weight excluding hydrogens is 233 g/mol. The highest BCUT2D eigenvalue weighted by Gasteiger charge is 2.38. The molecule has 0 saturated carbocycles. The number of benzene rings is 1. The third-order valence-corrected chi connectivity index (χ3v) is 2.43. The second-order valence-electron chi connectivity index (χ2n) is 2.31. The molecule has 1 aromatic carbocycles. The lowest BCUT2D eigenvalue weighted by molar-refractivity contribution is -0.128. The van der Waals surface area contributed by atoms with Gasteiger partial charge >= 0.3 is 6.18 Å². The fourth-order valence-corrected chi connectivity index (χ4v) is 1.12. The molecule has 0 bridgehead atoms. The predicted molar refractivity (Wildman–Crippen MR) is 44.2 cm³/mol. The van der Waals surface area contributed by atoms with Crippen LogP contribution in [0.2, 0.25) is 0 Å². The van der Waals surface area contributed by atoms with Gasteiger partial charge in [-0.3, -0.25) is 0 Å². The Morgan fingerprint density at radius 1 is 1.08 bits per heavy atom. The maximum Gasteiger partial charge on any atom is 0.405 e. The maximum absolute atomic E-state index is 12.1. The summed E-state index contributed by atoms with van der Waals surface area (Å²) in [6, 6.07) is 7.71. The van der Waals surface area contributed by atoms with Crippen LogP contribution in [-0.4, -0.2) is 6.18 Å². The van der Waals surface area contributed by atoms with E-state index in [-0.39, 0.29) is 5.56 Å². The summed E-state index contributed by atoms with van der Waals surface area (Å²) in [7, 11) is 0. The van der Waals surface area contributed by atoms with Crippen molar-refractivity contribution in [3.05, 3.63) is 35.9 Å². The molecule has 0 fully saturated rings. The number of hydrogen-bond acceptors (Lipinski definition) is 0. The van der Waals surface area contributed by atoms with Gasteiger partial charge in [0.25, 0.3) is 0 Å². The maximum atomic E-state index is 12.1. The van der Waals surface area contributed by atoms with Crippen LogP contribution in [0.25, 0.3) is 0 Å². The zero-order valence-electron chi connectivity index (χ0n) is 5.98. The number of halogens is 4. The Bertz CT molecular complexity index is 242. The molecule has 0 N–H and O–H groups in total. The minimum Gasteiger partial charge on any atom is -0.169 e. The van der Waals surface area contributed by atoms with Crippen LogP contribution in [0.3, 0.4) is 0 Å². The van der Waals surface area contributed by atoms with Crippen LogP contribution in [0.15, 0.2) is 30.3 Å². The minimum absolute atomic E-state index is 0.227. The molecule has 1 atom stereocenters. The molecule has 0 aromatic heterocycles. The van der Waals surface area contributed by atoms with Gasteiger partial charge in [-0.05, 0) is 5.56 Å². The third kappa shape index (κ3) is 2.24. The van der Waals surface area contributed by atoms with Crippen molar-refractivity contribution in [2.75, 3.05) is 0 Å². The van der Waals surface area contributed by atoms with Crippen molar-refractivity contribution in [2.45, 2.75) is 11.0 Å². The summed E-state index contributed by atoms with van der Waals surface area (Å²) in [4.78, 5) is -1.56. The van der Waals surface area contributed by atoms with Crippen LogP contribution in [0, 0.1) is 0 Å². The van der Waals surface area contributed by atoms with Crippen molar-refractivity contribution < 1.29 is 13.2 Å². The Kier molecular flexibility index (Phi) is 2.77. The average Bonchev–Trinajstić information content (AvgIpc) is 2.03. The Hall–Kier alpha value is -0.510. The van der Waals surface area contributed by atoms with Crippen LogP contribution in [-0.2, 0) is 0 Å². The van der Waals surface area contributed by atoms with Gasteiger partial charge in [0.1, 0.15) is 4.83 Å². The molecular formula is C8H6BrF3. The van der Waals surface area contributed by atoms with E-state index in [0.717, 1.165) is 0 Å². The van der Waals surface area contributed by atoms with E-state index in [4.69, 9.17) is 0 Å². The van der Waals surface area contributed by atoms with Gasteiger partial charge in [-0.2, -0.15) is 13.2 Å². The molecule has 4 heteroatoms. The normalized spacial score (nSPS) is 14.3. The molecule has 0 aliphatic rings. The largest absolute Gasteiger partial charge is 0.405 e. The van der Waals surface area contributed by atoms with Crippen molar-refractivity contribution in [3.63, 3.8) is 0 Å². The van der Waals surface area contributed by atoms with Gasteiger partial charge in [-0.1, -0.05) is 46.3 Å². The molecule has 0 aliphatic heterocycles. The van der Waals surface area contributed by atoms with Gasteiger partial charge in [-0.15, -0.1) is 0 Å². The molecule has 0 spiro atoms. The first-order chi connectivity index (χ1) is 5.52. The fourth-order valence-electron chi connectivity index (χ4n) is 0.811. The highest BCUT2D eigenvalue weighted by molar-refractivity contribution is 9.09. The van der Waals surface area contributed by atoms with Gasteiger partial charge in [0.2, 0.25) is 0 Å². The lowest BCUT2D eigenvalue weighted by atomic mass is 10.1. The lowest BCUT2D eigenvalue weighted by Crippen LogP contribution is -2.14. The Balaban J connectivity index is 2.86. The Morgan fingerprint density at radius 3 is 2.00 bits per heavy atom. The quantitative estimate of drug-likeness (QED) is 0.655. The van der Waals surface area contributed by atoms with E-state index < -0.39 is 11.0 Å². The summed E-state index contributed by atoms with van der Waals surface area (Å²) < 4.78 is 36.3. The van der Waals surface area contributed by atoms with Crippen molar-refractivity contribution in [2.24, 2.45) is 0 Å². The summed E-state index contributed by atoms with van der Waals surface area (Å²) in [5.74, 6) is 0. The first-order valence-corrected chi connectivity index (χ1v) is 4.19. The second-order valence-corrected chi connectivity index (χ2v) is 3.23. The van der Waals surface area contributed by atoms with E-state index in [9.17, 15) is 13.2 Å². The summed E-state index contributed by atoms with van der Waals surface area (Å²) in [5.41, 5.74) is 0.227. The molecule has 0 aliphatic carbocycles. The molecule has 0 nitrogen and oxygen atoms in total. The summed E-state index contributed by atoms with van der Waals surface area (Å²) in [6.07, 6.45) is -4.22. The van der Waals surface area contributed by atoms with E-state index in [0.29, 0.717) is 0 Å². The molecule has 66 valence electrons. The van der Waals surface area contributed by atoms with Crippen molar-refractivity contribution in [1.82, 2.24) is 0 Å². The number of rotatable bonds is 1. The first kappa shape index (κ1) is 9.58. The Labute approximate surface area is 76.5 Å². The molecule has 1 unspecified atom stereocenters. The van der Waals surface area contributed by atoms with E-state index in [1.807, 2.05) is 0 Å². The molecule has 0 saturated heterocycles. The minimum atomic E-state index is -4.22. The van der Waals surface area contributed by atoms with Gasteiger partial charge in [0.05, 0.1) is 0 Å². The van der Waals surface area contributed by atoms with Crippen molar-refractivity contribution in [3.8, 4) is 0 Å². The highest BCUT2D eigenvalue weighted by atomic mass is 79.9. The zero-order chi connectivity index (χ0) is 9.19. The van der Waals surface area contributed by atoms with Gasteiger partial charge in [0, 0.05) is 0 Å². The summed E-state index contributed by atoms with van der Waals surface area (Å²) >= 11 is 2.58. The van der Waals surface area contributed by atoms with Gasteiger partial charge < -0.3 is 0 Å². The molecule has 0 radical (unpaired) electrons. The molecule has 1 aromatic rings. The number of hydrogen-bond donors (Lipinski definition) is 0. The molecule has 0 heterocycles. The van der Waals surface area contributed by atoms with Crippen molar-refractivity contribution >= 4 is 15.9 Å². The van der Waals surface area contributed by atoms with E-state index >= 15 is 0 Å². The van der Waals surface area contributed by atoms with Crippen LogP contribution >= 0.6 is 15.9 Å². The molecule has 12 heavy (non-hydrogen) atoms. The zero-order valence-corrected chi connectivity index (χ0v) is 7.56. The van der Waals surface area contributed by atoms with Crippen LogP contribution in [0.4, 0.5) is 13.2 Å². The van der Waals surface area contributed by atoms with Crippen LogP contribution in [0.1, 0.15) is 10.4 Å². The molecule has 1 rings (SSSR count). The second kappa shape index (κ2) is 3.47. The summed E-state index contributed by atoms with van der Waals surface area (Å²) in [6.45, 7) is 0.